The summed E-state index contributed by atoms with van der Waals surface area (Å²) in [6.45, 7) is 1.99. The Balaban J connectivity index is 1.90. The third kappa shape index (κ3) is 2.67. The molecule has 0 radical (unpaired) electrons. The van der Waals surface area contributed by atoms with E-state index in [-0.39, 0.29) is 0 Å². The van der Waals surface area contributed by atoms with Crippen LogP contribution >= 0.6 is 0 Å². The molecule has 1 saturated heterocycles. The number of aromatic nitrogens is 1. The van der Waals surface area contributed by atoms with Crippen molar-refractivity contribution in [1.29, 1.82) is 5.26 Å². The second-order valence-electron chi connectivity index (χ2n) is 3.72. The van der Waals surface area contributed by atoms with Gasteiger partial charge in [0.2, 0.25) is 0 Å². The zero-order valence-corrected chi connectivity index (χ0v) is 8.53. The molecule has 0 unspecified atom stereocenters. The maximum Gasteiger partial charge on any atom is 0.127 e. The lowest BCUT2D eigenvalue weighted by molar-refractivity contribution is 0.632. The van der Waals surface area contributed by atoms with Crippen LogP contribution in [0.2, 0.25) is 0 Å². The first-order valence-corrected chi connectivity index (χ1v) is 5.22. The fourth-order valence-electron chi connectivity index (χ4n) is 1.76. The third-order valence-corrected chi connectivity index (χ3v) is 2.58. The lowest BCUT2D eigenvalue weighted by Gasteiger charge is -2.11. The van der Waals surface area contributed by atoms with E-state index in [0.29, 0.717) is 11.6 Å². The van der Waals surface area contributed by atoms with Crippen LogP contribution in [0.4, 0.5) is 5.82 Å². The minimum Gasteiger partial charge on any atom is -0.368 e. The Morgan fingerprint density at radius 1 is 1.67 bits per heavy atom. The highest BCUT2D eigenvalue weighted by Gasteiger charge is 2.13. The molecule has 1 aromatic heterocycles. The number of nitrogens with one attached hydrogen (secondary N) is 2. The average Bonchev–Trinajstić information content (AvgIpc) is 2.79. The van der Waals surface area contributed by atoms with Gasteiger partial charge in [0.25, 0.3) is 0 Å². The Hall–Kier alpha value is -1.60. The molecule has 0 aromatic carbocycles. The summed E-state index contributed by atoms with van der Waals surface area (Å²) in [7, 11) is 0. The molecule has 0 amide bonds. The molecule has 1 fully saturated rings. The zero-order chi connectivity index (χ0) is 10.5. The summed E-state index contributed by atoms with van der Waals surface area (Å²) in [6, 6.07) is 6.12. The highest BCUT2D eigenvalue weighted by Crippen LogP contribution is 2.08. The SMILES string of the molecule is N#Cc1ccnc(NC[C@H]2CCCN2)c1. The Kier molecular flexibility index (Phi) is 3.15. The second-order valence-corrected chi connectivity index (χ2v) is 3.72. The number of hydrogen-bond donors (Lipinski definition) is 2. The Morgan fingerprint density at radius 3 is 3.33 bits per heavy atom. The predicted molar refractivity (Wildman–Crippen MR) is 58.5 cm³/mol. The van der Waals surface area contributed by atoms with Gasteiger partial charge in [-0.1, -0.05) is 0 Å². The van der Waals surface area contributed by atoms with Crippen molar-refractivity contribution < 1.29 is 0 Å². The number of anilines is 1. The summed E-state index contributed by atoms with van der Waals surface area (Å²) in [6.07, 6.45) is 4.12. The Morgan fingerprint density at radius 2 is 2.60 bits per heavy atom. The zero-order valence-electron chi connectivity index (χ0n) is 8.53. The predicted octanol–water partition coefficient (Wildman–Crippen LogP) is 1.12. The summed E-state index contributed by atoms with van der Waals surface area (Å²) in [5, 5.41) is 15.4. The van der Waals surface area contributed by atoms with Gasteiger partial charge in [-0.3, -0.25) is 0 Å². The maximum absolute atomic E-state index is 8.72. The van der Waals surface area contributed by atoms with Crippen molar-refractivity contribution in [2.24, 2.45) is 0 Å². The van der Waals surface area contributed by atoms with Crippen LogP contribution < -0.4 is 10.6 Å². The van der Waals surface area contributed by atoms with Gasteiger partial charge in [0.15, 0.2) is 0 Å². The van der Waals surface area contributed by atoms with Crippen LogP contribution in [-0.4, -0.2) is 24.1 Å². The van der Waals surface area contributed by atoms with E-state index in [9.17, 15) is 0 Å². The monoisotopic (exact) mass is 202 g/mol. The number of nitriles is 1. The van der Waals surface area contributed by atoms with Gasteiger partial charge < -0.3 is 10.6 Å². The molecule has 0 spiro atoms. The summed E-state index contributed by atoms with van der Waals surface area (Å²) in [5.74, 6) is 0.780. The van der Waals surface area contributed by atoms with Gasteiger partial charge in [-0.15, -0.1) is 0 Å². The van der Waals surface area contributed by atoms with Gasteiger partial charge in [0, 0.05) is 18.8 Å². The molecule has 1 aromatic rings. The molecular weight excluding hydrogens is 188 g/mol. The lowest BCUT2D eigenvalue weighted by atomic mass is 10.2. The van der Waals surface area contributed by atoms with Crippen LogP contribution in [0.25, 0.3) is 0 Å². The highest BCUT2D eigenvalue weighted by atomic mass is 15.0. The maximum atomic E-state index is 8.72. The molecule has 78 valence electrons. The molecule has 0 saturated carbocycles. The van der Waals surface area contributed by atoms with Crippen molar-refractivity contribution in [2.75, 3.05) is 18.4 Å². The fourth-order valence-corrected chi connectivity index (χ4v) is 1.76. The molecule has 15 heavy (non-hydrogen) atoms. The van der Waals surface area contributed by atoms with Crippen LogP contribution in [0.5, 0.6) is 0 Å². The fraction of sp³-hybridized carbons (Fsp3) is 0.455. The number of hydrogen-bond acceptors (Lipinski definition) is 4. The summed E-state index contributed by atoms with van der Waals surface area (Å²) in [4.78, 5) is 4.16. The van der Waals surface area contributed by atoms with Gasteiger partial charge in [0.05, 0.1) is 11.6 Å². The van der Waals surface area contributed by atoms with Crippen molar-refractivity contribution in [2.45, 2.75) is 18.9 Å². The molecule has 2 N–H and O–H groups in total. The molecule has 1 atom stereocenters. The van der Waals surface area contributed by atoms with E-state index in [1.54, 1.807) is 18.3 Å². The number of pyridine rings is 1. The summed E-state index contributed by atoms with van der Waals surface area (Å²) < 4.78 is 0. The van der Waals surface area contributed by atoms with E-state index >= 15 is 0 Å². The van der Waals surface area contributed by atoms with Crippen LogP contribution in [0.3, 0.4) is 0 Å². The van der Waals surface area contributed by atoms with Gasteiger partial charge in [-0.25, -0.2) is 4.98 Å². The minimum atomic E-state index is 0.539. The van der Waals surface area contributed by atoms with Crippen molar-refractivity contribution in [3.05, 3.63) is 23.9 Å². The summed E-state index contributed by atoms with van der Waals surface area (Å²) in [5.41, 5.74) is 0.645. The number of rotatable bonds is 3. The van der Waals surface area contributed by atoms with Gasteiger partial charge in [-0.05, 0) is 31.5 Å². The highest BCUT2D eigenvalue weighted by molar-refractivity contribution is 5.42. The molecule has 0 bridgehead atoms. The van der Waals surface area contributed by atoms with Crippen LogP contribution in [0, 0.1) is 11.3 Å². The van der Waals surface area contributed by atoms with Crippen molar-refractivity contribution in [3.63, 3.8) is 0 Å². The van der Waals surface area contributed by atoms with E-state index in [0.717, 1.165) is 18.9 Å². The molecule has 1 aliphatic rings. The van der Waals surface area contributed by atoms with Crippen LogP contribution in [0.15, 0.2) is 18.3 Å². The van der Waals surface area contributed by atoms with Gasteiger partial charge >= 0.3 is 0 Å². The Labute approximate surface area is 89.3 Å². The number of nitrogens with zero attached hydrogens (tertiary/aromatic N) is 2. The first-order valence-electron chi connectivity index (χ1n) is 5.22. The van der Waals surface area contributed by atoms with Crippen LogP contribution in [0.1, 0.15) is 18.4 Å². The van der Waals surface area contributed by atoms with Crippen molar-refractivity contribution >= 4 is 5.82 Å². The standard InChI is InChI=1S/C11H14N4/c12-7-9-3-5-14-11(6-9)15-8-10-2-1-4-13-10/h3,5-6,10,13H,1-2,4,8H2,(H,14,15)/t10-/m1/s1. The van der Waals surface area contributed by atoms with Crippen molar-refractivity contribution in [1.82, 2.24) is 10.3 Å². The minimum absolute atomic E-state index is 0.539. The molecule has 1 aliphatic heterocycles. The topological polar surface area (TPSA) is 60.7 Å². The molecule has 4 nitrogen and oxygen atoms in total. The van der Waals surface area contributed by atoms with E-state index in [1.165, 1.54) is 12.8 Å². The average molecular weight is 202 g/mol. The van der Waals surface area contributed by atoms with E-state index < -0.39 is 0 Å². The quantitative estimate of drug-likeness (QED) is 0.771. The first kappa shape index (κ1) is 9.94. The van der Waals surface area contributed by atoms with E-state index in [4.69, 9.17) is 5.26 Å². The molecule has 2 heterocycles. The lowest BCUT2D eigenvalue weighted by Crippen LogP contribution is -2.29. The molecule has 0 aliphatic carbocycles. The largest absolute Gasteiger partial charge is 0.368 e. The molecular formula is C11H14N4. The van der Waals surface area contributed by atoms with Gasteiger partial charge in [0.1, 0.15) is 5.82 Å². The van der Waals surface area contributed by atoms with Crippen molar-refractivity contribution in [3.8, 4) is 6.07 Å². The van der Waals surface area contributed by atoms with Crippen LogP contribution in [-0.2, 0) is 0 Å². The Bertz CT molecular complexity index is 363. The van der Waals surface area contributed by atoms with Gasteiger partial charge in [-0.2, -0.15) is 5.26 Å². The second kappa shape index (κ2) is 4.76. The smallest absolute Gasteiger partial charge is 0.127 e. The third-order valence-electron chi connectivity index (χ3n) is 2.58. The summed E-state index contributed by atoms with van der Waals surface area (Å²) >= 11 is 0. The molecule has 2 rings (SSSR count). The van der Waals surface area contributed by atoms with E-state index in [1.807, 2.05) is 0 Å². The normalized spacial score (nSPS) is 19.8. The molecule has 4 heteroatoms. The first-order chi connectivity index (χ1) is 7.38. The van der Waals surface area contributed by atoms with E-state index in [2.05, 4.69) is 21.7 Å².